The summed E-state index contributed by atoms with van der Waals surface area (Å²) < 4.78 is 49.2. The number of hydrogen-bond acceptors (Lipinski definition) is 3. The van der Waals surface area contributed by atoms with Gasteiger partial charge < -0.3 is 4.74 Å². The lowest BCUT2D eigenvalue weighted by molar-refractivity contribution is -0.120. The molecule has 0 spiro atoms. The van der Waals surface area contributed by atoms with E-state index >= 15 is 0 Å². The first-order chi connectivity index (χ1) is 14.5. The zero-order chi connectivity index (χ0) is 22.9. The summed E-state index contributed by atoms with van der Waals surface area (Å²) >= 11 is 8.60. The van der Waals surface area contributed by atoms with Crippen LogP contribution in [0.1, 0.15) is 12.0 Å². The van der Waals surface area contributed by atoms with Gasteiger partial charge in [0.2, 0.25) is 5.91 Å². The van der Waals surface area contributed by atoms with Crippen LogP contribution in [0.25, 0.3) is 0 Å². The van der Waals surface area contributed by atoms with E-state index in [4.69, 9.17) is 16.3 Å². The number of carbonyl (C=O) groups is 1. The van der Waals surface area contributed by atoms with Crippen LogP contribution in [0, 0.1) is 23.4 Å². The Hall–Kier alpha value is -1.36. The first-order valence-corrected chi connectivity index (χ1v) is 14.8. The average molecular weight is 539 g/mol. The standard InChI is InChI=1S/C20H24BrClF3N3O2Si/c1-31(2,3)7-6-30-11-28-19(17(25)18(21)26-28)27-5-4-13(20(27)29)8-12-9-14(23)16(22)15(24)10-12/h9-10,13H,4-8,11H2,1-3H3. The van der Waals surface area contributed by atoms with Crippen LogP contribution < -0.4 is 4.90 Å². The number of aromatic nitrogens is 2. The molecule has 1 atom stereocenters. The summed E-state index contributed by atoms with van der Waals surface area (Å²) in [6.07, 6.45) is 0.549. The third kappa shape index (κ3) is 5.71. The highest BCUT2D eigenvalue weighted by molar-refractivity contribution is 9.10. The molecule has 2 heterocycles. The number of benzene rings is 1. The second-order valence-electron chi connectivity index (χ2n) is 8.83. The van der Waals surface area contributed by atoms with Gasteiger partial charge in [-0.2, -0.15) is 9.49 Å². The van der Waals surface area contributed by atoms with E-state index in [1.165, 1.54) is 9.58 Å². The van der Waals surface area contributed by atoms with Crippen LogP contribution in [-0.2, 0) is 22.7 Å². The van der Waals surface area contributed by atoms with Gasteiger partial charge in [-0.25, -0.2) is 13.5 Å². The highest BCUT2D eigenvalue weighted by Crippen LogP contribution is 2.33. The SMILES string of the molecule is C[Si](C)(C)CCOCn1nc(Br)c(F)c1N1CCC(Cc2cc(F)c(Cl)c(F)c2)C1=O. The molecule has 1 amide bonds. The maximum atomic E-state index is 14.8. The Labute approximate surface area is 193 Å². The predicted molar refractivity (Wildman–Crippen MR) is 120 cm³/mol. The van der Waals surface area contributed by atoms with Crippen molar-refractivity contribution in [3.63, 3.8) is 0 Å². The summed E-state index contributed by atoms with van der Waals surface area (Å²) in [5.41, 5.74) is 0.324. The summed E-state index contributed by atoms with van der Waals surface area (Å²) in [4.78, 5) is 14.3. The molecule has 2 aromatic rings. The number of anilines is 1. The summed E-state index contributed by atoms with van der Waals surface area (Å²) in [5, 5.41) is 3.53. The minimum atomic E-state index is -1.27. The van der Waals surface area contributed by atoms with Gasteiger partial charge in [-0.1, -0.05) is 31.2 Å². The molecule has 1 aliphatic heterocycles. The fraction of sp³-hybridized carbons (Fsp3) is 0.500. The zero-order valence-corrected chi connectivity index (χ0v) is 20.9. The summed E-state index contributed by atoms with van der Waals surface area (Å²) in [5.74, 6) is -3.23. The molecule has 3 rings (SSSR count). The monoisotopic (exact) mass is 537 g/mol. The van der Waals surface area contributed by atoms with Gasteiger partial charge >= 0.3 is 0 Å². The van der Waals surface area contributed by atoms with Crippen molar-refractivity contribution in [2.75, 3.05) is 18.1 Å². The molecule has 1 aromatic heterocycles. The number of rotatable bonds is 8. The van der Waals surface area contributed by atoms with Crippen molar-refractivity contribution in [1.82, 2.24) is 9.78 Å². The second kappa shape index (κ2) is 9.64. The molecular weight excluding hydrogens is 515 g/mol. The minimum absolute atomic E-state index is 0.00519. The molecule has 0 aliphatic carbocycles. The molecule has 1 aromatic carbocycles. The zero-order valence-electron chi connectivity index (χ0n) is 17.5. The predicted octanol–water partition coefficient (Wildman–Crippen LogP) is 5.62. The van der Waals surface area contributed by atoms with Crippen molar-refractivity contribution in [3.8, 4) is 0 Å². The maximum absolute atomic E-state index is 14.8. The normalized spacial score (nSPS) is 17.1. The lowest BCUT2D eigenvalue weighted by Gasteiger charge is -2.19. The quantitative estimate of drug-likeness (QED) is 0.249. The second-order valence-corrected chi connectivity index (χ2v) is 15.6. The van der Waals surface area contributed by atoms with Gasteiger partial charge in [0.15, 0.2) is 16.2 Å². The number of nitrogens with zero attached hydrogens (tertiary/aromatic N) is 3. The fourth-order valence-corrected chi connectivity index (χ4v) is 4.66. The highest BCUT2D eigenvalue weighted by Gasteiger charge is 2.37. The summed E-state index contributed by atoms with van der Waals surface area (Å²) in [6, 6.07) is 3.19. The van der Waals surface area contributed by atoms with Crippen LogP contribution in [0.15, 0.2) is 16.7 Å². The Morgan fingerprint density at radius 1 is 1.26 bits per heavy atom. The smallest absolute Gasteiger partial charge is 0.231 e. The molecule has 0 bridgehead atoms. The van der Waals surface area contributed by atoms with E-state index in [2.05, 4.69) is 40.7 Å². The first-order valence-electron chi connectivity index (χ1n) is 9.92. The Morgan fingerprint density at radius 2 is 1.90 bits per heavy atom. The van der Waals surface area contributed by atoms with Crippen molar-refractivity contribution in [2.45, 2.75) is 45.3 Å². The molecule has 0 radical (unpaired) electrons. The molecule has 170 valence electrons. The van der Waals surface area contributed by atoms with Crippen LogP contribution >= 0.6 is 27.5 Å². The van der Waals surface area contributed by atoms with Gasteiger partial charge in [-0.3, -0.25) is 9.69 Å². The fourth-order valence-electron chi connectivity index (χ4n) is 3.43. The number of halogens is 5. The van der Waals surface area contributed by atoms with E-state index in [0.29, 0.717) is 18.6 Å². The van der Waals surface area contributed by atoms with Crippen molar-refractivity contribution in [3.05, 3.63) is 44.8 Å². The van der Waals surface area contributed by atoms with Gasteiger partial charge in [-0.15, -0.1) is 0 Å². The molecule has 1 saturated heterocycles. The van der Waals surface area contributed by atoms with E-state index in [-0.39, 0.29) is 36.0 Å². The van der Waals surface area contributed by atoms with Gasteiger partial charge in [-0.05, 0) is 52.5 Å². The number of carbonyl (C=O) groups excluding carboxylic acids is 1. The van der Waals surface area contributed by atoms with Crippen molar-refractivity contribution < 1.29 is 22.7 Å². The van der Waals surface area contributed by atoms with E-state index < -0.39 is 36.5 Å². The molecule has 5 nitrogen and oxygen atoms in total. The van der Waals surface area contributed by atoms with Crippen LogP contribution in [0.3, 0.4) is 0 Å². The van der Waals surface area contributed by atoms with Crippen LogP contribution in [0.5, 0.6) is 0 Å². The van der Waals surface area contributed by atoms with E-state index in [1.807, 2.05) is 0 Å². The average Bonchev–Trinajstić information content (AvgIpc) is 3.15. The van der Waals surface area contributed by atoms with Crippen molar-refractivity contribution in [1.29, 1.82) is 0 Å². The molecule has 0 saturated carbocycles. The Kier molecular flexibility index (Phi) is 7.55. The first kappa shape index (κ1) is 24.3. The Bertz CT molecular complexity index is 960. The molecule has 1 fully saturated rings. The molecular formula is C20H24BrClF3N3O2Si. The van der Waals surface area contributed by atoms with E-state index in [9.17, 15) is 18.0 Å². The number of hydrogen-bond donors (Lipinski definition) is 0. The van der Waals surface area contributed by atoms with Crippen molar-refractivity contribution in [2.24, 2.45) is 5.92 Å². The van der Waals surface area contributed by atoms with Crippen LogP contribution in [-0.4, -0.2) is 36.9 Å². The molecule has 1 unspecified atom stereocenters. The van der Waals surface area contributed by atoms with E-state index in [0.717, 1.165) is 18.2 Å². The van der Waals surface area contributed by atoms with Crippen LogP contribution in [0.2, 0.25) is 30.7 Å². The summed E-state index contributed by atoms with van der Waals surface area (Å²) in [7, 11) is -1.27. The van der Waals surface area contributed by atoms with E-state index in [1.54, 1.807) is 0 Å². The van der Waals surface area contributed by atoms with Gasteiger partial charge in [0, 0.05) is 27.1 Å². The minimum Gasteiger partial charge on any atom is -0.359 e. The summed E-state index contributed by atoms with van der Waals surface area (Å²) in [6.45, 7) is 7.50. The maximum Gasteiger partial charge on any atom is 0.231 e. The van der Waals surface area contributed by atoms with Gasteiger partial charge in [0.25, 0.3) is 0 Å². The lowest BCUT2D eigenvalue weighted by atomic mass is 9.98. The molecule has 11 heteroatoms. The van der Waals surface area contributed by atoms with Crippen LogP contribution in [0.4, 0.5) is 19.0 Å². The third-order valence-corrected chi connectivity index (χ3v) is 7.71. The van der Waals surface area contributed by atoms with Gasteiger partial charge in [0.05, 0.1) is 0 Å². The molecule has 0 N–H and O–H groups in total. The Morgan fingerprint density at radius 3 is 2.52 bits per heavy atom. The molecule has 31 heavy (non-hydrogen) atoms. The highest BCUT2D eigenvalue weighted by atomic mass is 79.9. The Balaban J connectivity index is 1.73. The lowest BCUT2D eigenvalue weighted by Crippen LogP contribution is -2.31. The molecule has 1 aliphatic rings. The number of ether oxygens (including phenoxy) is 1. The largest absolute Gasteiger partial charge is 0.359 e. The topological polar surface area (TPSA) is 47.4 Å². The van der Waals surface area contributed by atoms with Gasteiger partial charge in [0.1, 0.15) is 23.4 Å². The number of amides is 1. The van der Waals surface area contributed by atoms with Crippen molar-refractivity contribution >= 4 is 47.3 Å². The third-order valence-electron chi connectivity index (χ3n) is 5.14.